The molecule has 0 aromatic heterocycles. The molecule has 0 saturated carbocycles. The summed E-state index contributed by atoms with van der Waals surface area (Å²) < 4.78 is 0. The van der Waals surface area contributed by atoms with Crippen LogP contribution in [-0.2, 0) is 4.79 Å². The van der Waals surface area contributed by atoms with E-state index in [1.54, 1.807) is 13.0 Å². The second-order valence-electron chi connectivity index (χ2n) is 2.33. The average Bonchev–Trinajstić information content (AvgIpc) is 1.87. The van der Waals surface area contributed by atoms with Crippen LogP contribution in [0, 0.1) is 0 Å². The molecule has 2 heteroatoms. The van der Waals surface area contributed by atoms with Gasteiger partial charge in [0.05, 0.1) is 0 Å². The summed E-state index contributed by atoms with van der Waals surface area (Å²) >= 11 is 0. The minimum atomic E-state index is 0.734. The predicted octanol–water partition coefficient (Wildman–Crippen LogP) is 1.21. The van der Waals surface area contributed by atoms with E-state index in [9.17, 15) is 4.79 Å². The Morgan fingerprint density at radius 3 is 2.40 bits per heavy atom. The van der Waals surface area contributed by atoms with Crippen LogP contribution in [0.4, 0.5) is 0 Å². The normalized spacial score (nSPS) is 12.1. The number of rotatable bonds is 3. The zero-order valence-corrected chi connectivity index (χ0v) is 6.66. The first kappa shape index (κ1) is 8.95. The molecular formula is C8H13NO. The number of carbonyl (C=O) groups excluding carboxylic acids is 1. The molecule has 0 aromatic carbocycles. The van der Waals surface area contributed by atoms with Gasteiger partial charge in [-0.3, -0.25) is 4.79 Å². The lowest BCUT2D eigenvalue weighted by molar-refractivity contribution is -0.104. The third-order valence-corrected chi connectivity index (χ3v) is 0.929. The Balaban J connectivity index is 3.81. The molecule has 10 heavy (non-hydrogen) atoms. The van der Waals surface area contributed by atoms with Gasteiger partial charge in [0, 0.05) is 14.1 Å². The van der Waals surface area contributed by atoms with Gasteiger partial charge >= 0.3 is 0 Å². The molecule has 56 valence electrons. The highest BCUT2D eigenvalue weighted by molar-refractivity contribution is 5.72. The van der Waals surface area contributed by atoms with E-state index in [-0.39, 0.29) is 0 Å². The summed E-state index contributed by atoms with van der Waals surface area (Å²) in [6, 6.07) is 0. The molecule has 0 N–H and O–H groups in total. The molecule has 0 saturated heterocycles. The fraction of sp³-hybridized carbons (Fsp3) is 0.375. The van der Waals surface area contributed by atoms with E-state index < -0.39 is 0 Å². The highest BCUT2D eigenvalue weighted by Crippen LogP contribution is 1.87. The van der Waals surface area contributed by atoms with E-state index >= 15 is 0 Å². The zero-order valence-electron chi connectivity index (χ0n) is 6.66. The van der Waals surface area contributed by atoms with Crippen LogP contribution in [0.5, 0.6) is 0 Å². The van der Waals surface area contributed by atoms with Crippen LogP contribution < -0.4 is 0 Å². The van der Waals surface area contributed by atoms with E-state index in [2.05, 4.69) is 0 Å². The molecule has 0 aliphatic carbocycles. The van der Waals surface area contributed by atoms with Crippen molar-refractivity contribution in [2.45, 2.75) is 6.92 Å². The van der Waals surface area contributed by atoms with Gasteiger partial charge in [0.25, 0.3) is 0 Å². The van der Waals surface area contributed by atoms with Gasteiger partial charge < -0.3 is 4.90 Å². The molecule has 0 bridgehead atoms. The van der Waals surface area contributed by atoms with E-state index in [0.717, 1.165) is 11.9 Å². The smallest absolute Gasteiger partial charge is 0.145 e. The first-order chi connectivity index (χ1) is 4.66. The largest absolute Gasteiger partial charge is 0.383 e. The highest BCUT2D eigenvalue weighted by Gasteiger charge is 1.78. The predicted molar refractivity (Wildman–Crippen MR) is 42.6 cm³/mol. The quantitative estimate of drug-likeness (QED) is 0.333. The van der Waals surface area contributed by atoms with Gasteiger partial charge in [-0.25, -0.2) is 0 Å². The summed E-state index contributed by atoms with van der Waals surface area (Å²) in [4.78, 5) is 12.0. The maximum atomic E-state index is 10.1. The summed E-state index contributed by atoms with van der Waals surface area (Å²) in [5.41, 5.74) is 0.734. The Hall–Kier alpha value is -1.05. The van der Waals surface area contributed by atoms with Gasteiger partial charge in [0.1, 0.15) is 6.29 Å². The highest BCUT2D eigenvalue weighted by atomic mass is 16.1. The van der Waals surface area contributed by atoms with Crippen molar-refractivity contribution in [2.24, 2.45) is 0 Å². The third-order valence-electron chi connectivity index (χ3n) is 0.929. The summed E-state index contributed by atoms with van der Waals surface area (Å²) in [5, 5.41) is 0. The Morgan fingerprint density at radius 2 is 2.00 bits per heavy atom. The maximum absolute atomic E-state index is 10.1. The van der Waals surface area contributed by atoms with Crippen LogP contribution in [0.15, 0.2) is 23.9 Å². The standard InChI is InChI=1S/C8H13NO/c1-8(7-10)5-4-6-9(2)3/h4-7H,1-3H3. The SMILES string of the molecule is CC(C=O)=CC=CN(C)C. The Morgan fingerprint density at radius 1 is 1.40 bits per heavy atom. The van der Waals surface area contributed by atoms with Crippen LogP contribution in [-0.4, -0.2) is 25.3 Å². The minimum absolute atomic E-state index is 0.734. The minimum Gasteiger partial charge on any atom is -0.383 e. The van der Waals surface area contributed by atoms with Gasteiger partial charge in [-0.2, -0.15) is 0 Å². The fourth-order valence-electron chi connectivity index (χ4n) is 0.406. The van der Waals surface area contributed by atoms with Crippen LogP contribution in [0.25, 0.3) is 0 Å². The maximum Gasteiger partial charge on any atom is 0.145 e. The Labute approximate surface area is 61.8 Å². The molecule has 0 aliphatic heterocycles. The van der Waals surface area contributed by atoms with Crippen molar-refractivity contribution in [3.05, 3.63) is 23.9 Å². The molecule has 0 rings (SSSR count). The molecule has 0 unspecified atom stereocenters. The molecule has 2 nitrogen and oxygen atoms in total. The second kappa shape index (κ2) is 4.79. The van der Waals surface area contributed by atoms with Gasteiger partial charge in [0.2, 0.25) is 0 Å². The van der Waals surface area contributed by atoms with Crippen molar-refractivity contribution in [3.8, 4) is 0 Å². The van der Waals surface area contributed by atoms with E-state index in [1.165, 1.54) is 0 Å². The van der Waals surface area contributed by atoms with Gasteiger partial charge in [-0.15, -0.1) is 0 Å². The lowest BCUT2D eigenvalue weighted by Crippen LogP contribution is -1.99. The van der Waals surface area contributed by atoms with E-state index in [1.807, 2.05) is 31.3 Å². The Kier molecular flexibility index (Phi) is 4.29. The van der Waals surface area contributed by atoms with Crippen LogP contribution >= 0.6 is 0 Å². The lowest BCUT2D eigenvalue weighted by Gasteiger charge is -2.00. The van der Waals surface area contributed by atoms with Crippen LogP contribution in [0.2, 0.25) is 0 Å². The fourth-order valence-corrected chi connectivity index (χ4v) is 0.406. The van der Waals surface area contributed by atoms with Crippen molar-refractivity contribution in [3.63, 3.8) is 0 Å². The van der Waals surface area contributed by atoms with Crippen LogP contribution in [0.1, 0.15) is 6.92 Å². The molecule has 0 spiro atoms. The molecule has 0 aliphatic rings. The lowest BCUT2D eigenvalue weighted by atomic mass is 10.3. The molecule has 0 fully saturated rings. The zero-order chi connectivity index (χ0) is 7.98. The first-order valence-electron chi connectivity index (χ1n) is 3.13. The van der Waals surface area contributed by atoms with Crippen molar-refractivity contribution in [1.82, 2.24) is 4.90 Å². The number of nitrogens with zero attached hydrogens (tertiary/aromatic N) is 1. The van der Waals surface area contributed by atoms with Crippen molar-refractivity contribution in [1.29, 1.82) is 0 Å². The molecule has 0 heterocycles. The van der Waals surface area contributed by atoms with Crippen molar-refractivity contribution >= 4 is 6.29 Å². The molecule has 0 aromatic rings. The first-order valence-corrected chi connectivity index (χ1v) is 3.13. The average molecular weight is 139 g/mol. The van der Waals surface area contributed by atoms with E-state index in [0.29, 0.717) is 0 Å². The topological polar surface area (TPSA) is 20.3 Å². The van der Waals surface area contributed by atoms with Gasteiger partial charge in [0.15, 0.2) is 0 Å². The van der Waals surface area contributed by atoms with Crippen molar-refractivity contribution in [2.75, 3.05) is 14.1 Å². The second-order valence-corrected chi connectivity index (χ2v) is 2.33. The number of carbonyl (C=O) groups is 1. The molecule has 0 atom stereocenters. The summed E-state index contributed by atoms with van der Waals surface area (Å²) in [7, 11) is 3.86. The number of hydrogen-bond donors (Lipinski definition) is 0. The Bertz CT molecular complexity index is 157. The number of aldehydes is 1. The molecule has 0 radical (unpaired) electrons. The summed E-state index contributed by atoms with van der Waals surface area (Å²) in [6.45, 7) is 1.77. The summed E-state index contributed by atoms with van der Waals surface area (Å²) in [5.74, 6) is 0. The monoisotopic (exact) mass is 139 g/mol. The van der Waals surface area contributed by atoms with E-state index in [4.69, 9.17) is 0 Å². The number of allylic oxidation sites excluding steroid dienone is 3. The van der Waals surface area contributed by atoms with Gasteiger partial charge in [-0.05, 0) is 24.8 Å². The van der Waals surface area contributed by atoms with Crippen molar-refractivity contribution < 1.29 is 4.79 Å². The number of hydrogen-bond acceptors (Lipinski definition) is 2. The van der Waals surface area contributed by atoms with Gasteiger partial charge in [-0.1, -0.05) is 6.08 Å². The summed E-state index contributed by atoms with van der Waals surface area (Å²) in [6.07, 6.45) is 6.32. The molecule has 0 amide bonds. The third kappa shape index (κ3) is 5.09. The van der Waals surface area contributed by atoms with Crippen LogP contribution in [0.3, 0.4) is 0 Å². The molecular weight excluding hydrogens is 126 g/mol.